The Labute approximate surface area is 109 Å². The molecule has 1 saturated heterocycles. The molecule has 1 heterocycles. The van der Waals surface area contributed by atoms with Crippen LogP contribution in [0.4, 0.5) is 18.9 Å². The molecule has 3 nitrogen and oxygen atoms in total. The van der Waals surface area contributed by atoms with E-state index in [1.807, 2.05) is 0 Å². The number of halogens is 3. The molecular weight excluding hydrogens is 257 g/mol. The number of piperidine rings is 1. The Morgan fingerprint density at radius 3 is 2.53 bits per heavy atom. The predicted molar refractivity (Wildman–Crippen MR) is 65.2 cm³/mol. The van der Waals surface area contributed by atoms with Gasteiger partial charge in [0.15, 0.2) is 17.5 Å². The van der Waals surface area contributed by atoms with Crippen LogP contribution in [0.25, 0.3) is 0 Å². The van der Waals surface area contributed by atoms with Crippen LogP contribution in [0.3, 0.4) is 0 Å². The molecule has 1 fully saturated rings. The molecule has 1 unspecified atom stereocenters. The first-order chi connectivity index (χ1) is 9.06. The standard InChI is InChI=1S/C13H15F3N2O/c14-10-5-9(6-11(15)13(10)16)18-12(19)7-8-3-1-2-4-17-8/h5-6,8,17H,1-4,7H2,(H,18,19). The fourth-order valence-corrected chi connectivity index (χ4v) is 2.16. The van der Waals surface area contributed by atoms with Gasteiger partial charge in [-0.15, -0.1) is 0 Å². The minimum Gasteiger partial charge on any atom is -0.326 e. The maximum Gasteiger partial charge on any atom is 0.225 e. The summed E-state index contributed by atoms with van der Waals surface area (Å²) in [5, 5.41) is 5.57. The Bertz CT molecular complexity index is 450. The topological polar surface area (TPSA) is 41.1 Å². The number of hydrogen-bond donors (Lipinski definition) is 2. The van der Waals surface area contributed by atoms with Gasteiger partial charge in [0.2, 0.25) is 5.91 Å². The third-order valence-electron chi connectivity index (χ3n) is 3.11. The summed E-state index contributed by atoms with van der Waals surface area (Å²) < 4.78 is 38.7. The van der Waals surface area contributed by atoms with E-state index < -0.39 is 17.5 Å². The molecule has 1 amide bonds. The highest BCUT2D eigenvalue weighted by Gasteiger charge is 2.17. The van der Waals surface area contributed by atoms with Crippen molar-refractivity contribution in [1.82, 2.24) is 5.32 Å². The fourth-order valence-electron chi connectivity index (χ4n) is 2.16. The molecule has 2 rings (SSSR count). The van der Waals surface area contributed by atoms with E-state index in [0.717, 1.165) is 37.9 Å². The van der Waals surface area contributed by atoms with E-state index in [4.69, 9.17) is 0 Å². The molecule has 0 radical (unpaired) electrons. The number of benzene rings is 1. The first-order valence-electron chi connectivity index (χ1n) is 6.24. The summed E-state index contributed by atoms with van der Waals surface area (Å²) in [6, 6.07) is 1.62. The molecule has 6 heteroatoms. The Hall–Kier alpha value is -1.56. The van der Waals surface area contributed by atoms with E-state index in [0.29, 0.717) is 0 Å². The number of hydrogen-bond acceptors (Lipinski definition) is 2. The highest BCUT2D eigenvalue weighted by molar-refractivity contribution is 5.91. The summed E-state index contributed by atoms with van der Waals surface area (Å²) in [6.45, 7) is 0.873. The maximum absolute atomic E-state index is 13.0. The van der Waals surface area contributed by atoms with Crippen molar-refractivity contribution in [1.29, 1.82) is 0 Å². The second-order valence-electron chi connectivity index (χ2n) is 4.65. The van der Waals surface area contributed by atoms with Gasteiger partial charge in [-0.3, -0.25) is 4.79 Å². The predicted octanol–water partition coefficient (Wildman–Crippen LogP) is 2.57. The van der Waals surface area contributed by atoms with Gasteiger partial charge < -0.3 is 10.6 Å². The molecule has 1 atom stereocenters. The summed E-state index contributed by atoms with van der Waals surface area (Å²) in [7, 11) is 0. The first-order valence-corrected chi connectivity index (χ1v) is 6.24. The van der Waals surface area contributed by atoms with Gasteiger partial charge in [-0.2, -0.15) is 0 Å². The van der Waals surface area contributed by atoms with Crippen LogP contribution < -0.4 is 10.6 Å². The number of nitrogens with one attached hydrogen (secondary N) is 2. The fraction of sp³-hybridized carbons (Fsp3) is 0.462. The molecule has 1 aliphatic heterocycles. The summed E-state index contributed by atoms with van der Waals surface area (Å²) in [4.78, 5) is 11.7. The van der Waals surface area contributed by atoms with Crippen molar-refractivity contribution in [2.24, 2.45) is 0 Å². The number of amides is 1. The van der Waals surface area contributed by atoms with Crippen LogP contribution >= 0.6 is 0 Å². The van der Waals surface area contributed by atoms with E-state index in [1.165, 1.54) is 0 Å². The second-order valence-corrected chi connectivity index (χ2v) is 4.65. The molecule has 0 bridgehead atoms. The number of carbonyl (C=O) groups excluding carboxylic acids is 1. The lowest BCUT2D eigenvalue weighted by Crippen LogP contribution is -2.36. The lowest BCUT2D eigenvalue weighted by Gasteiger charge is -2.22. The summed E-state index contributed by atoms with van der Waals surface area (Å²) in [6.07, 6.45) is 3.29. The van der Waals surface area contributed by atoms with Gasteiger partial charge in [0, 0.05) is 30.3 Å². The van der Waals surface area contributed by atoms with Gasteiger partial charge in [0.25, 0.3) is 0 Å². The average Bonchev–Trinajstić information content (AvgIpc) is 2.37. The Morgan fingerprint density at radius 1 is 1.26 bits per heavy atom. The van der Waals surface area contributed by atoms with Crippen LogP contribution in [0, 0.1) is 17.5 Å². The first kappa shape index (κ1) is 13.9. The van der Waals surface area contributed by atoms with Crippen LogP contribution in [-0.4, -0.2) is 18.5 Å². The van der Waals surface area contributed by atoms with Gasteiger partial charge in [0.05, 0.1) is 0 Å². The molecule has 1 aliphatic rings. The minimum absolute atomic E-state index is 0.0720. The highest BCUT2D eigenvalue weighted by atomic mass is 19.2. The zero-order valence-electron chi connectivity index (χ0n) is 10.3. The van der Waals surface area contributed by atoms with E-state index in [-0.39, 0.29) is 24.1 Å². The molecule has 0 saturated carbocycles. The van der Waals surface area contributed by atoms with Crippen molar-refractivity contribution in [3.05, 3.63) is 29.6 Å². The quantitative estimate of drug-likeness (QED) is 0.830. The number of anilines is 1. The van der Waals surface area contributed by atoms with Crippen LogP contribution in [0.15, 0.2) is 12.1 Å². The second kappa shape index (κ2) is 6.06. The number of carbonyl (C=O) groups is 1. The molecule has 2 N–H and O–H groups in total. The van der Waals surface area contributed by atoms with Gasteiger partial charge in [-0.05, 0) is 19.4 Å². The Kier molecular flexibility index (Phi) is 4.42. The largest absolute Gasteiger partial charge is 0.326 e. The Morgan fingerprint density at radius 2 is 1.95 bits per heavy atom. The van der Waals surface area contributed by atoms with Gasteiger partial charge >= 0.3 is 0 Å². The molecule has 0 aromatic heterocycles. The normalized spacial score (nSPS) is 19.2. The summed E-state index contributed by atoms with van der Waals surface area (Å²) in [5.74, 6) is -4.51. The monoisotopic (exact) mass is 272 g/mol. The molecule has 0 spiro atoms. The van der Waals surface area contributed by atoms with Crippen molar-refractivity contribution in [2.45, 2.75) is 31.7 Å². The molecular formula is C13H15F3N2O. The van der Waals surface area contributed by atoms with Crippen LogP contribution in [-0.2, 0) is 4.79 Å². The summed E-state index contributed by atoms with van der Waals surface area (Å²) in [5.41, 5.74) is -0.0720. The zero-order chi connectivity index (χ0) is 13.8. The third-order valence-corrected chi connectivity index (χ3v) is 3.11. The van der Waals surface area contributed by atoms with Crippen molar-refractivity contribution in [3.63, 3.8) is 0 Å². The molecule has 0 aliphatic carbocycles. The highest BCUT2D eigenvalue weighted by Crippen LogP contribution is 2.18. The van der Waals surface area contributed by atoms with Crippen LogP contribution in [0.2, 0.25) is 0 Å². The SMILES string of the molecule is O=C(CC1CCCCN1)Nc1cc(F)c(F)c(F)c1. The molecule has 19 heavy (non-hydrogen) atoms. The zero-order valence-corrected chi connectivity index (χ0v) is 10.3. The minimum atomic E-state index is -1.54. The molecule has 104 valence electrons. The number of rotatable bonds is 3. The Balaban J connectivity index is 1.94. The van der Waals surface area contributed by atoms with Crippen molar-refractivity contribution in [2.75, 3.05) is 11.9 Å². The van der Waals surface area contributed by atoms with Gasteiger partial charge in [-0.1, -0.05) is 6.42 Å². The third kappa shape index (κ3) is 3.70. The lowest BCUT2D eigenvalue weighted by molar-refractivity contribution is -0.116. The maximum atomic E-state index is 13.0. The van der Waals surface area contributed by atoms with Crippen LogP contribution in [0.5, 0.6) is 0 Å². The molecule has 1 aromatic carbocycles. The smallest absolute Gasteiger partial charge is 0.225 e. The molecule has 1 aromatic rings. The van der Waals surface area contributed by atoms with Crippen LogP contribution in [0.1, 0.15) is 25.7 Å². The van der Waals surface area contributed by atoms with E-state index >= 15 is 0 Å². The average molecular weight is 272 g/mol. The van der Waals surface area contributed by atoms with E-state index in [2.05, 4.69) is 10.6 Å². The lowest BCUT2D eigenvalue weighted by atomic mass is 10.0. The van der Waals surface area contributed by atoms with Crippen molar-refractivity contribution >= 4 is 11.6 Å². The van der Waals surface area contributed by atoms with Gasteiger partial charge in [0.1, 0.15) is 0 Å². The summed E-state index contributed by atoms with van der Waals surface area (Å²) >= 11 is 0. The van der Waals surface area contributed by atoms with Crippen molar-refractivity contribution in [3.8, 4) is 0 Å². The van der Waals surface area contributed by atoms with Gasteiger partial charge in [-0.25, -0.2) is 13.2 Å². The van der Waals surface area contributed by atoms with E-state index in [1.54, 1.807) is 0 Å². The van der Waals surface area contributed by atoms with E-state index in [9.17, 15) is 18.0 Å². The van der Waals surface area contributed by atoms with Crippen molar-refractivity contribution < 1.29 is 18.0 Å².